The van der Waals surface area contributed by atoms with E-state index >= 15 is 0 Å². The molecule has 3 N–H and O–H groups in total. The molecule has 0 aromatic heterocycles. The number of nitrogens with one attached hydrogen (secondary N) is 2. The van der Waals surface area contributed by atoms with Gasteiger partial charge in [-0.2, -0.15) is 0 Å². The Morgan fingerprint density at radius 2 is 1.80 bits per heavy atom. The summed E-state index contributed by atoms with van der Waals surface area (Å²) in [6.45, 7) is 13.2. The van der Waals surface area contributed by atoms with E-state index in [-0.39, 0.29) is 24.2 Å². The van der Waals surface area contributed by atoms with E-state index in [1.54, 1.807) is 21.1 Å². The molecule has 5 aliphatic rings. The standard InChI is InChI=1S/C28H29N5O2.C4H8O2.C3H6O/c1-14-6-18-9-19-7-16(3)28(31-19)20(10-27(35)29-5)25-8-15(2)23(32-25)11-24-17(4)21(13-34)26(33-24)12-22(14)30-18;1-3-4(5)6-2;1-3-4-2/h6-7,9,11-13,15,32,34H,8,10H2,1-5H3,(H,29,35);3H2,1-2H3;3H,1H2,2H3/b19-9?,21-13-,22-12?,23-11?,25-20?;;. The van der Waals surface area contributed by atoms with Crippen molar-refractivity contribution in [2.75, 3.05) is 21.3 Å². The summed E-state index contributed by atoms with van der Waals surface area (Å²) in [6, 6.07) is 0. The third-order valence-corrected chi connectivity index (χ3v) is 7.58. The lowest BCUT2D eigenvalue weighted by Gasteiger charge is -2.13. The van der Waals surface area contributed by atoms with Crippen LogP contribution in [0.15, 0.2) is 121 Å². The van der Waals surface area contributed by atoms with Crippen molar-refractivity contribution < 1.29 is 24.2 Å². The third kappa shape index (κ3) is 8.35. The van der Waals surface area contributed by atoms with E-state index in [1.807, 2.05) is 51.2 Å². The van der Waals surface area contributed by atoms with Gasteiger partial charge in [0.05, 0.1) is 67.4 Å². The van der Waals surface area contributed by atoms with E-state index in [2.05, 4.69) is 33.6 Å². The summed E-state index contributed by atoms with van der Waals surface area (Å²) in [7, 11) is 4.59. The lowest BCUT2D eigenvalue weighted by Crippen LogP contribution is -2.22. The van der Waals surface area contributed by atoms with Gasteiger partial charge in [0.25, 0.3) is 0 Å². The third-order valence-electron chi connectivity index (χ3n) is 7.58. The number of allylic oxidation sites excluding steroid dienone is 11. The molecule has 0 saturated carbocycles. The molecule has 45 heavy (non-hydrogen) atoms. The second-order valence-corrected chi connectivity index (χ2v) is 10.8. The van der Waals surface area contributed by atoms with Crippen LogP contribution in [0.5, 0.6) is 0 Å². The highest BCUT2D eigenvalue weighted by Crippen LogP contribution is 2.36. The van der Waals surface area contributed by atoms with Gasteiger partial charge in [-0.25, -0.2) is 15.0 Å². The van der Waals surface area contributed by atoms with Crippen molar-refractivity contribution in [1.82, 2.24) is 10.6 Å². The van der Waals surface area contributed by atoms with Crippen LogP contribution in [-0.2, 0) is 19.1 Å². The Morgan fingerprint density at radius 3 is 2.38 bits per heavy atom. The average molecular weight is 614 g/mol. The van der Waals surface area contributed by atoms with E-state index in [9.17, 15) is 14.7 Å². The van der Waals surface area contributed by atoms with E-state index in [4.69, 9.17) is 15.0 Å². The molecule has 0 aromatic rings. The number of methoxy groups -OCH3 is 2. The smallest absolute Gasteiger partial charge is 0.305 e. The molecule has 0 aliphatic carbocycles. The molecule has 1 fully saturated rings. The van der Waals surface area contributed by atoms with Gasteiger partial charge in [-0.15, -0.1) is 0 Å². The zero-order valence-corrected chi connectivity index (χ0v) is 27.4. The first-order valence-electron chi connectivity index (χ1n) is 14.7. The Bertz CT molecular complexity index is 1600. The lowest BCUT2D eigenvalue weighted by molar-refractivity contribution is -0.140. The van der Waals surface area contributed by atoms with Crippen LogP contribution >= 0.6 is 0 Å². The van der Waals surface area contributed by atoms with Crippen LogP contribution in [0.4, 0.5) is 0 Å². The molecule has 0 aromatic carbocycles. The van der Waals surface area contributed by atoms with Gasteiger partial charge in [0.15, 0.2) is 0 Å². The number of aliphatic hydroxyl groups excluding tert-OH is 1. The number of hydrogen-bond donors (Lipinski definition) is 3. The van der Waals surface area contributed by atoms with Crippen molar-refractivity contribution in [2.45, 2.75) is 53.9 Å². The molecule has 10 nitrogen and oxygen atoms in total. The van der Waals surface area contributed by atoms with Gasteiger partial charge in [0.1, 0.15) is 0 Å². The minimum Gasteiger partial charge on any atom is -0.515 e. The van der Waals surface area contributed by atoms with Crippen molar-refractivity contribution in [3.63, 3.8) is 0 Å². The van der Waals surface area contributed by atoms with E-state index in [0.717, 1.165) is 74.9 Å². The number of esters is 1. The number of aliphatic hydroxyl groups is 1. The van der Waals surface area contributed by atoms with Crippen LogP contribution in [0, 0.1) is 5.92 Å². The van der Waals surface area contributed by atoms with Gasteiger partial charge in [-0.05, 0) is 74.3 Å². The number of aliphatic imine (C=N–C) groups is 3. The van der Waals surface area contributed by atoms with Gasteiger partial charge in [0, 0.05) is 41.9 Å². The highest BCUT2D eigenvalue weighted by Gasteiger charge is 2.30. The maximum absolute atomic E-state index is 12.5. The van der Waals surface area contributed by atoms with Crippen LogP contribution in [-0.4, -0.2) is 55.4 Å². The number of amides is 1. The summed E-state index contributed by atoms with van der Waals surface area (Å²) >= 11 is 0. The minimum absolute atomic E-state index is 0.0588. The fourth-order valence-corrected chi connectivity index (χ4v) is 5.01. The van der Waals surface area contributed by atoms with Crippen molar-refractivity contribution in [1.29, 1.82) is 0 Å². The topological polar surface area (TPSA) is 134 Å². The average Bonchev–Trinajstić information content (AvgIpc) is 3.76. The molecule has 8 bridgehead atoms. The Kier molecular flexibility index (Phi) is 12.0. The van der Waals surface area contributed by atoms with E-state index < -0.39 is 0 Å². The Balaban J connectivity index is 0.000000482. The summed E-state index contributed by atoms with van der Waals surface area (Å²) in [5.41, 5.74) is 11.3. The minimum atomic E-state index is -0.157. The Hall–Kier alpha value is -4.99. The van der Waals surface area contributed by atoms with E-state index in [0.29, 0.717) is 17.7 Å². The van der Waals surface area contributed by atoms with Gasteiger partial charge in [-0.3, -0.25) is 9.59 Å². The van der Waals surface area contributed by atoms with Gasteiger partial charge >= 0.3 is 5.97 Å². The van der Waals surface area contributed by atoms with Crippen molar-refractivity contribution in [3.05, 3.63) is 106 Å². The molecule has 1 atom stereocenters. The van der Waals surface area contributed by atoms with Crippen molar-refractivity contribution >= 4 is 29.0 Å². The predicted octanol–water partition coefficient (Wildman–Crippen LogP) is 5.99. The van der Waals surface area contributed by atoms with Crippen LogP contribution < -0.4 is 10.6 Å². The van der Waals surface area contributed by atoms with Gasteiger partial charge in [-0.1, -0.05) is 20.4 Å². The van der Waals surface area contributed by atoms with Crippen molar-refractivity contribution in [2.24, 2.45) is 20.9 Å². The number of nitrogens with zero attached hydrogens (tertiary/aromatic N) is 3. The Labute approximate surface area is 265 Å². The zero-order chi connectivity index (χ0) is 33.3. The number of carbonyl (C=O) groups is 2. The number of ether oxygens (including phenoxy) is 2. The maximum atomic E-state index is 12.5. The number of fused-ring (bicyclic) bond motifs is 5. The van der Waals surface area contributed by atoms with E-state index in [1.165, 1.54) is 13.4 Å². The monoisotopic (exact) mass is 613 g/mol. The van der Waals surface area contributed by atoms with Crippen LogP contribution in [0.2, 0.25) is 0 Å². The fraction of sp³-hybridized carbons (Fsp3) is 0.343. The van der Waals surface area contributed by atoms with Crippen LogP contribution in [0.1, 0.15) is 53.9 Å². The first-order chi connectivity index (χ1) is 21.5. The molecule has 10 heteroatoms. The molecule has 1 saturated heterocycles. The number of hydrogen-bond acceptors (Lipinski definition) is 9. The highest BCUT2D eigenvalue weighted by molar-refractivity contribution is 6.18. The molecule has 1 unspecified atom stereocenters. The second kappa shape index (κ2) is 15.7. The molecule has 1 amide bonds. The molecule has 5 rings (SSSR count). The summed E-state index contributed by atoms with van der Waals surface area (Å²) in [4.78, 5) is 37.0. The number of rotatable bonds is 4. The molecule has 5 aliphatic heterocycles. The molecular formula is C35H43N5O5. The maximum Gasteiger partial charge on any atom is 0.305 e. The zero-order valence-electron chi connectivity index (χ0n) is 27.4. The molecule has 5 heterocycles. The first kappa shape index (κ1) is 34.5. The molecule has 238 valence electrons. The van der Waals surface area contributed by atoms with Gasteiger partial charge < -0.3 is 25.2 Å². The van der Waals surface area contributed by atoms with Gasteiger partial charge in [0.2, 0.25) is 5.91 Å². The molecule has 0 radical (unpaired) electrons. The normalized spacial score (nSPS) is 20.4. The summed E-state index contributed by atoms with van der Waals surface area (Å²) in [5.74, 6) is -0.000544. The summed E-state index contributed by atoms with van der Waals surface area (Å²) in [5, 5.41) is 16.3. The fourth-order valence-electron chi connectivity index (χ4n) is 5.01. The quantitative estimate of drug-likeness (QED) is 0.264. The molecule has 0 spiro atoms. The summed E-state index contributed by atoms with van der Waals surface area (Å²) < 4.78 is 8.57. The number of carbonyl (C=O) groups excluding carboxylic acids is 2. The SMILES string of the molecule is C=COC.CCC(=O)OC.CNC(=O)CC1=C2CC(C)C(=CC3=C(C)/C(=C/O)C(=N3)C=C3N=C(C=C4C=C(C)C1=N4)C=C3C)N2. The Morgan fingerprint density at radius 1 is 1.09 bits per heavy atom. The van der Waals surface area contributed by atoms with Crippen LogP contribution in [0.3, 0.4) is 0 Å². The first-order valence-corrected chi connectivity index (χ1v) is 14.7. The van der Waals surface area contributed by atoms with Crippen molar-refractivity contribution in [3.8, 4) is 0 Å². The summed E-state index contributed by atoms with van der Waals surface area (Å²) in [6.07, 6.45) is 13.9. The largest absolute Gasteiger partial charge is 0.515 e. The molecular weight excluding hydrogens is 570 g/mol. The second-order valence-electron chi connectivity index (χ2n) is 10.8. The lowest BCUT2D eigenvalue weighted by atomic mass is 9.96. The van der Waals surface area contributed by atoms with Crippen LogP contribution in [0.25, 0.3) is 0 Å². The highest BCUT2D eigenvalue weighted by atomic mass is 16.5. The predicted molar refractivity (Wildman–Crippen MR) is 180 cm³/mol.